The molecule has 0 saturated carbocycles. The Balaban J connectivity index is 1.50. The molecular weight excluding hydrogens is 418 g/mol. The first kappa shape index (κ1) is 23.7. The molecule has 6 heteroatoms. The molecule has 2 aromatic rings. The third kappa shape index (κ3) is 5.39. The predicted octanol–water partition coefficient (Wildman–Crippen LogP) is 5.13. The van der Waals surface area contributed by atoms with E-state index in [-0.39, 0.29) is 17.5 Å². The Morgan fingerprint density at radius 1 is 0.939 bits per heavy atom. The van der Waals surface area contributed by atoms with Crippen LogP contribution in [0.2, 0.25) is 0 Å². The van der Waals surface area contributed by atoms with E-state index in [9.17, 15) is 10.2 Å². The molecule has 4 rings (SSSR count). The Labute approximate surface area is 197 Å². The maximum Gasteiger partial charge on any atom is 0.165 e. The third-order valence-corrected chi connectivity index (χ3v) is 6.73. The summed E-state index contributed by atoms with van der Waals surface area (Å²) >= 11 is 0. The van der Waals surface area contributed by atoms with Crippen LogP contribution in [0.1, 0.15) is 67.8 Å². The van der Waals surface area contributed by atoms with Crippen molar-refractivity contribution in [3.8, 4) is 23.0 Å². The van der Waals surface area contributed by atoms with Crippen molar-refractivity contribution in [2.45, 2.75) is 65.0 Å². The van der Waals surface area contributed by atoms with Crippen LogP contribution < -0.4 is 9.47 Å². The van der Waals surface area contributed by atoms with Crippen LogP contribution in [0.4, 0.5) is 0 Å². The van der Waals surface area contributed by atoms with Gasteiger partial charge in [0.15, 0.2) is 23.0 Å². The fraction of sp³-hybridized carbons (Fsp3) is 0.556. The minimum atomic E-state index is 0.180. The molecule has 6 nitrogen and oxygen atoms in total. The summed E-state index contributed by atoms with van der Waals surface area (Å²) in [6.07, 6.45) is 6.32. The number of hydrogen-bond acceptors (Lipinski definition) is 6. The number of benzene rings is 2. The molecule has 2 heterocycles. The number of unbranched alkanes of at least 4 members (excludes halogenated alkanes) is 3. The minimum absolute atomic E-state index is 0.180. The van der Waals surface area contributed by atoms with Gasteiger partial charge in [-0.05, 0) is 61.1 Å². The lowest BCUT2D eigenvalue weighted by molar-refractivity contribution is 0.106. The maximum atomic E-state index is 10.7. The summed E-state index contributed by atoms with van der Waals surface area (Å²) in [5.74, 6) is 1.58. The highest BCUT2D eigenvalue weighted by molar-refractivity contribution is 5.54. The second-order valence-corrected chi connectivity index (χ2v) is 8.97. The average molecular weight is 456 g/mol. The molecule has 0 spiro atoms. The number of phenolic OH excluding ortho intramolecular Hbond substituents is 2. The molecule has 0 aliphatic carbocycles. The highest BCUT2D eigenvalue weighted by Crippen LogP contribution is 2.45. The van der Waals surface area contributed by atoms with E-state index in [2.05, 4.69) is 11.8 Å². The molecule has 0 bridgehead atoms. The van der Waals surface area contributed by atoms with Gasteiger partial charge in [0.1, 0.15) is 6.61 Å². The number of rotatable bonds is 11. The van der Waals surface area contributed by atoms with E-state index in [1.54, 1.807) is 6.07 Å². The zero-order valence-electron chi connectivity index (χ0n) is 19.9. The predicted molar refractivity (Wildman–Crippen MR) is 128 cm³/mol. The highest BCUT2D eigenvalue weighted by atomic mass is 16.5. The van der Waals surface area contributed by atoms with Gasteiger partial charge >= 0.3 is 0 Å². The van der Waals surface area contributed by atoms with E-state index in [1.807, 2.05) is 25.1 Å². The van der Waals surface area contributed by atoms with Gasteiger partial charge in [0, 0.05) is 31.3 Å². The van der Waals surface area contributed by atoms with Crippen LogP contribution in [-0.2, 0) is 24.1 Å². The second kappa shape index (κ2) is 11.1. The lowest BCUT2D eigenvalue weighted by Crippen LogP contribution is -2.39. The smallest absolute Gasteiger partial charge is 0.165 e. The van der Waals surface area contributed by atoms with Crippen LogP contribution in [0.3, 0.4) is 0 Å². The molecule has 2 aliphatic heterocycles. The van der Waals surface area contributed by atoms with E-state index in [4.69, 9.17) is 14.2 Å². The summed E-state index contributed by atoms with van der Waals surface area (Å²) in [6, 6.07) is 7.86. The monoisotopic (exact) mass is 455 g/mol. The van der Waals surface area contributed by atoms with E-state index in [0.29, 0.717) is 44.5 Å². The first-order valence-corrected chi connectivity index (χ1v) is 12.4. The van der Waals surface area contributed by atoms with Crippen molar-refractivity contribution in [2.24, 2.45) is 0 Å². The highest BCUT2D eigenvalue weighted by Gasteiger charge is 2.34. The molecule has 0 aromatic heterocycles. The Hall–Kier alpha value is -2.44. The summed E-state index contributed by atoms with van der Waals surface area (Å²) in [7, 11) is 0. The molecule has 1 atom stereocenters. The minimum Gasteiger partial charge on any atom is -0.504 e. The van der Waals surface area contributed by atoms with Gasteiger partial charge in [0.25, 0.3) is 0 Å². The number of nitrogens with zero attached hydrogens (tertiary/aromatic N) is 1. The van der Waals surface area contributed by atoms with Gasteiger partial charge in [0.2, 0.25) is 0 Å². The topological polar surface area (TPSA) is 71.4 Å². The first-order valence-electron chi connectivity index (χ1n) is 12.4. The molecule has 180 valence electrons. The maximum absolute atomic E-state index is 10.7. The van der Waals surface area contributed by atoms with E-state index < -0.39 is 0 Å². The molecule has 0 fully saturated rings. The van der Waals surface area contributed by atoms with E-state index in [0.717, 1.165) is 37.8 Å². The fourth-order valence-corrected chi connectivity index (χ4v) is 4.97. The Morgan fingerprint density at radius 2 is 1.82 bits per heavy atom. The van der Waals surface area contributed by atoms with Gasteiger partial charge in [-0.15, -0.1) is 0 Å². The van der Waals surface area contributed by atoms with Gasteiger partial charge in [-0.25, -0.2) is 0 Å². The summed E-state index contributed by atoms with van der Waals surface area (Å²) < 4.78 is 17.2. The molecule has 0 saturated heterocycles. The molecule has 0 unspecified atom stereocenters. The lowest BCUT2D eigenvalue weighted by Gasteiger charge is -2.42. The fourth-order valence-electron chi connectivity index (χ4n) is 4.97. The van der Waals surface area contributed by atoms with Gasteiger partial charge in [-0.2, -0.15) is 0 Å². The second-order valence-electron chi connectivity index (χ2n) is 8.97. The van der Waals surface area contributed by atoms with Crippen molar-refractivity contribution in [2.75, 3.05) is 33.0 Å². The Bertz CT molecular complexity index is 945. The van der Waals surface area contributed by atoms with Gasteiger partial charge < -0.3 is 24.4 Å². The first-order chi connectivity index (χ1) is 16.1. The van der Waals surface area contributed by atoms with Gasteiger partial charge in [0.05, 0.1) is 13.2 Å². The summed E-state index contributed by atoms with van der Waals surface area (Å²) in [6.45, 7) is 8.00. The number of phenols is 2. The zero-order chi connectivity index (χ0) is 23.2. The van der Waals surface area contributed by atoms with Crippen LogP contribution in [-0.4, -0.2) is 48.1 Å². The average Bonchev–Trinajstić information content (AvgIpc) is 2.82. The van der Waals surface area contributed by atoms with Crippen molar-refractivity contribution in [1.29, 1.82) is 0 Å². The van der Waals surface area contributed by atoms with Crippen molar-refractivity contribution in [3.05, 3.63) is 46.5 Å². The van der Waals surface area contributed by atoms with Gasteiger partial charge in [-0.1, -0.05) is 32.3 Å². The van der Waals surface area contributed by atoms with Crippen molar-refractivity contribution >= 4 is 0 Å². The number of aromatic hydroxyl groups is 2. The van der Waals surface area contributed by atoms with E-state index in [1.165, 1.54) is 29.5 Å². The zero-order valence-corrected chi connectivity index (χ0v) is 19.9. The number of fused-ring (bicyclic) bond motifs is 4. The molecule has 2 N–H and O–H groups in total. The molecule has 2 aliphatic rings. The van der Waals surface area contributed by atoms with Crippen LogP contribution in [0, 0.1) is 0 Å². The van der Waals surface area contributed by atoms with Crippen LogP contribution in [0.15, 0.2) is 24.3 Å². The SMILES string of the molecule is CCCCCCOc1cc2c(cc1O)[C@@H]1Cc3ccc(O)c(OCCOCC)c3CN1CC2. The van der Waals surface area contributed by atoms with Crippen molar-refractivity contribution in [1.82, 2.24) is 4.90 Å². The molecule has 0 radical (unpaired) electrons. The molecule has 0 amide bonds. The number of ether oxygens (including phenoxy) is 3. The number of hydrogen-bond donors (Lipinski definition) is 2. The van der Waals surface area contributed by atoms with Crippen LogP contribution >= 0.6 is 0 Å². The summed E-state index contributed by atoms with van der Waals surface area (Å²) in [5, 5.41) is 21.1. The Kier molecular flexibility index (Phi) is 7.99. The summed E-state index contributed by atoms with van der Waals surface area (Å²) in [5.41, 5.74) is 4.68. The standard InChI is InChI=1S/C27H37NO5/c1-3-5-6-7-12-32-26-16-20-10-11-28-18-22-19(15-23(28)21(20)17-25(26)30)8-9-24(29)27(22)33-14-13-31-4-2/h8-9,16-17,23,29-30H,3-7,10-15,18H2,1-2H3/t23-/m0/s1. The van der Waals surface area contributed by atoms with Crippen LogP contribution in [0.25, 0.3) is 0 Å². The lowest BCUT2D eigenvalue weighted by atomic mass is 9.83. The largest absolute Gasteiger partial charge is 0.504 e. The summed E-state index contributed by atoms with van der Waals surface area (Å²) in [4.78, 5) is 2.42. The normalized spacial score (nSPS) is 17.2. The van der Waals surface area contributed by atoms with Gasteiger partial charge in [-0.3, -0.25) is 4.90 Å². The molecule has 2 aromatic carbocycles. The van der Waals surface area contributed by atoms with Crippen LogP contribution in [0.5, 0.6) is 23.0 Å². The third-order valence-electron chi connectivity index (χ3n) is 6.73. The van der Waals surface area contributed by atoms with E-state index >= 15 is 0 Å². The van der Waals surface area contributed by atoms with Crippen molar-refractivity contribution < 1.29 is 24.4 Å². The molecule has 33 heavy (non-hydrogen) atoms. The quantitative estimate of drug-likeness (QED) is 0.458. The Morgan fingerprint density at radius 3 is 2.64 bits per heavy atom. The molecular formula is C27H37NO5. The van der Waals surface area contributed by atoms with Crippen molar-refractivity contribution in [3.63, 3.8) is 0 Å².